The molecule has 5 nitrogen and oxygen atoms in total. The van der Waals surface area contributed by atoms with E-state index < -0.39 is 0 Å². The predicted octanol–water partition coefficient (Wildman–Crippen LogP) is 1.11. The molecule has 18 heavy (non-hydrogen) atoms. The van der Waals surface area contributed by atoms with Crippen molar-refractivity contribution in [2.45, 2.75) is 6.42 Å². The number of rotatable bonds is 1. The second kappa shape index (κ2) is 4.57. The van der Waals surface area contributed by atoms with Gasteiger partial charge in [0.15, 0.2) is 0 Å². The highest BCUT2D eigenvalue weighted by atomic mass is 15.2. The van der Waals surface area contributed by atoms with Crippen LogP contribution < -0.4 is 4.90 Å². The molecule has 0 unspecified atom stereocenters. The molecule has 0 aliphatic carbocycles. The van der Waals surface area contributed by atoms with E-state index in [1.165, 1.54) is 13.0 Å². The quantitative estimate of drug-likeness (QED) is 0.754. The van der Waals surface area contributed by atoms with Gasteiger partial charge in [0, 0.05) is 32.9 Å². The summed E-state index contributed by atoms with van der Waals surface area (Å²) >= 11 is 0. The van der Waals surface area contributed by atoms with Crippen LogP contribution in [0.1, 0.15) is 6.42 Å². The van der Waals surface area contributed by atoms with E-state index in [9.17, 15) is 0 Å². The third kappa shape index (κ3) is 1.95. The number of hydrogen-bond acceptors (Lipinski definition) is 4. The largest absolute Gasteiger partial charge is 0.355 e. The van der Waals surface area contributed by atoms with E-state index in [1.54, 1.807) is 6.33 Å². The van der Waals surface area contributed by atoms with Gasteiger partial charge < -0.3 is 14.4 Å². The van der Waals surface area contributed by atoms with Gasteiger partial charge in [-0.05, 0) is 26.1 Å². The molecule has 1 aliphatic heterocycles. The van der Waals surface area contributed by atoms with E-state index in [-0.39, 0.29) is 0 Å². The zero-order valence-electron chi connectivity index (χ0n) is 11.0. The highest BCUT2D eigenvalue weighted by Crippen LogP contribution is 2.24. The fourth-order valence-corrected chi connectivity index (χ4v) is 2.57. The molecule has 1 aliphatic rings. The lowest BCUT2D eigenvalue weighted by Crippen LogP contribution is -2.29. The molecule has 3 heterocycles. The van der Waals surface area contributed by atoms with Gasteiger partial charge in [0.05, 0.1) is 5.39 Å². The van der Waals surface area contributed by atoms with E-state index >= 15 is 0 Å². The highest BCUT2D eigenvalue weighted by Gasteiger charge is 2.16. The van der Waals surface area contributed by atoms with Crippen LogP contribution in [0.25, 0.3) is 11.0 Å². The summed E-state index contributed by atoms with van der Waals surface area (Å²) in [6.45, 7) is 4.38. The van der Waals surface area contributed by atoms with Crippen LogP contribution in [0.3, 0.4) is 0 Å². The normalized spacial score (nSPS) is 18.2. The van der Waals surface area contributed by atoms with Gasteiger partial charge in [-0.25, -0.2) is 9.97 Å². The molecule has 5 heteroatoms. The summed E-state index contributed by atoms with van der Waals surface area (Å²) in [5.74, 6) is 1.08. The van der Waals surface area contributed by atoms with Gasteiger partial charge in [-0.3, -0.25) is 0 Å². The van der Waals surface area contributed by atoms with Gasteiger partial charge in [-0.2, -0.15) is 0 Å². The van der Waals surface area contributed by atoms with Crippen LogP contribution in [-0.2, 0) is 7.05 Å². The number of aromatic nitrogens is 3. The first kappa shape index (κ1) is 11.5. The molecule has 0 spiro atoms. The van der Waals surface area contributed by atoms with Crippen molar-refractivity contribution >= 4 is 16.9 Å². The second-order valence-electron chi connectivity index (χ2n) is 5.01. The van der Waals surface area contributed by atoms with E-state index in [2.05, 4.69) is 32.9 Å². The van der Waals surface area contributed by atoms with Crippen LogP contribution in [0, 0.1) is 0 Å². The van der Waals surface area contributed by atoms with Crippen molar-refractivity contribution in [2.24, 2.45) is 7.05 Å². The monoisotopic (exact) mass is 245 g/mol. The van der Waals surface area contributed by atoms with Gasteiger partial charge >= 0.3 is 0 Å². The van der Waals surface area contributed by atoms with Crippen LogP contribution in [0.15, 0.2) is 18.6 Å². The third-order valence-corrected chi connectivity index (χ3v) is 3.66. The number of likely N-dealkylation sites (N-methyl/N-ethyl adjacent to an activating group) is 1. The Bertz CT molecular complexity index is 547. The smallest absolute Gasteiger partial charge is 0.145 e. The van der Waals surface area contributed by atoms with Crippen LogP contribution >= 0.6 is 0 Å². The summed E-state index contributed by atoms with van der Waals surface area (Å²) < 4.78 is 2.05. The van der Waals surface area contributed by atoms with E-state index in [1.807, 2.05) is 17.8 Å². The highest BCUT2D eigenvalue weighted by molar-refractivity contribution is 5.87. The maximum atomic E-state index is 4.49. The predicted molar refractivity (Wildman–Crippen MR) is 72.8 cm³/mol. The molecular weight excluding hydrogens is 226 g/mol. The molecule has 0 saturated carbocycles. The van der Waals surface area contributed by atoms with Crippen molar-refractivity contribution in [1.29, 1.82) is 0 Å². The number of fused-ring (bicyclic) bond motifs is 1. The molecule has 0 atom stereocenters. The molecule has 0 N–H and O–H groups in total. The third-order valence-electron chi connectivity index (χ3n) is 3.66. The Hall–Kier alpha value is -1.62. The van der Waals surface area contributed by atoms with Crippen LogP contribution in [0.2, 0.25) is 0 Å². The van der Waals surface area contributed by atoms with Crippen molar-refractivity contribution in [1.82, 2.24) is 19.4 Å². The summed E-state index contributed by atoms with van der Waals surface area (Å²) in [4.78, 5) is 13.6. The SMILES string of the molecule is CN1CCCN(c2ncnc3c2ccn3C)CC1. The van der Waals surface area contributed by atoms with Crippen LogP contribution in [0.4, 0.5) is 5.82 Å². The number of hydrogen-bond donors (Lipinski definition) is 0. The molecule has 96 valence electrons. The van der Waals surface area contributed by atoms with Crippen molar-refractivity contribution in [3.8, 4) is 0 Å². The Morgan fingerprint density at radius 2 is 1.94 bits per heavy atom. The minimum Gasteiger partial charge on any atom is -0.355 e. The zero-order chi connectivity index (χ0) is 12.5. The Balaban J connectivity index is 1.98. The van der Waals surface area contributed by atoms with Crippen molar-refractivity contribution < 1.29 is 0 Å². The molecule has 2 aromatic heterocycles. The fraction of sp³-hybridized carbons (Fsp3) is 0.538. The minimum atomic E-state index is 1.01. The number of anilines is 1. The van der Waals surface area contributed by atoms with Crippen molar-refractivity contribution in [2.75, 3.05) is 38.1 Å². The summed E-state index contributed by atoms with van der Waals surface area (Å²) in [5, 5.41) is 1.16. The summed E-state index contributed by atoms with van der Waals surface area (Å²) in [7, 11) is 4.21. The van der Waals surface area contributed by atoms with E-state index in [0.29, 0.717) is 0 Å². The lowest BCUT2D eigenvalue weighted by Gasteiger charge is -2.22. The standard InChI is InChI=1S/C13H19N5/c1-16-5-3-6-18(9-8-16)13-11-4-7-17(2)12(11)14-10-15-13/h4,7,10H,3,5-6,8-9H2,1-2H3. The molecule has 1 fully saturated rings. The number of nitrogens with zero attached hydrogens (tertiary/aromatic N) is 5. The molecule has 2 aromatic rings. The van der Waals surface area contributed by atoms with Crippen molar-refractivity contribution in [3.63, 3.8) is 0 Å². The van der Waals surface area contributed by atoms with Gasteiger partial charge in [-0.15, -0.1) is 0 Å². The first-order chi connectivity index (χ1) is 8.75. The van der Waals surface area contributed by atoms with Crippen LogP contribution in [-0.4, -0.2) is 52.7 Å². The summed E-state index contributed by atoms with van der Waals surface area (Å²) in [6, 6.07) is 2.11. The Labute approximate surface area is 107 Å². The maximum absolute atomic E-state index is 4.49. The van der Waals surface area contributed by atoms with Crippen molar-refractivity contribution in [3.05, 3.63) is 18.6 Å². The van der Waals surface area contributed by atoms with Gasteiger partial charge in [0.1, 0.15) is 17.8 Å². The van der Waals surface area contributed by atoms with E-state index in [4.69, 9.17) is 0 Å². The zero-order valence-corrected chi connectivity index (χ0v) is 11.0. The van der Waals surface area contributed by atoms with Gasteiger partial charge in [0.25, 0.3) is 0 Å². The Morgan fingerprint density at radius 1 is 1.06 bits per heavy atom. The van der Waals surface area contributed by atoms with Gasteiger partial charge in [-0.1, -0.05) is 0 Å². The molecule has 3 rings (SSSR count). The Kier molecular flexibility index (Phi) is 2.91. The molecule has 0 amide bonds. The maximum Gasteiger partial charge on any atom is 0.145 e. The fourth-order valence-electron chi connectivity index (χ4n) is 2.57. The average Bonchev–Trinajstić information content (AvgIpc) is 2.62. The second-order valence-corrected chi connectivity index (χ2v) is 5.01. The lowest BCUT2D eigenvalue weighted by molar-refractivity contribution is 0.360. The van der Waals surface area contributed by atoms with Crippen LogP contribution in [0.5, 0.6) is 0 Å². The molecule has 0 aromatic carbocycles. The Morgan fingerprint density at radius 3 is 2.83 bits per heavy atom. The molecule has 0 radical (unpaired) electrons. The van der Waals surface area contributed by atoms with Gasteiger partial charge in [0.2, 0.25) is 0 Å². The summed E-state index contributed by atoms with van der Waals surface area (Å²) in [6.07, 6.45) is 4.91. The molecule has 0 bridgehead atoms. The first-order valence-electron chi connectivity index (χ1n) is 6.45. The summed E-state index contributed by atoms with van der Waals surface area (Å²) in [5.41, 5.74) is 1.01. The topological polar surface area (TPSA) is 37.2 Å². The number of aryl methyl sites for hydroxylation is 1. The van der Waals surface area contributed by atoms with E-state index in [0.717, 1.165) is 36.5 Å². The lowest BCUT2D eigenvalue weighted by atomic mass is 10.3. The average molecular weight is 245 g/mol. The molecular formula is C13H19N5. The first-order valence-corrected chi connectivity index (χ1v) is 6.45. The minimum absolute atomic E-state index is 1.01. The molecule has 1 saturated heterocycles.